The van der Waals surface area contributed by atoms with Crippen molar-refractivity contribution in [2.45, 2.75) is 51.6 Å². The number of carbonyl (C=O) groups excluding carboxylic acids is 2. The fraction of sp³-hybridized carbons (Fsp3) is 0.556. The molecule has 2 atom stereocenters. The van der Waals surface area contributed by atoms with Crippen LogP contribution >= 0.6 is 12.4 Å². The van der Waals surface area contributed by atoms with Crippen LogP contribution in [0, 0.1) is 5.92 Å². The Labute approximate surface area is 150 Å². The first-order valence-electron chi connectivity index (χ1n) is 8.50. The highest BCUT2D eigenvalue weighted by molar-refractivity contribution is 5.94. The fourth-order valence-electron chi connectivity index (χ4n) is 2.84. The number of halogens is 1. The van der Waals surface area contributed by atoms with Crippen LogP contribution in [0.1, 0.15) is 54.9 Å². The van der Waals surface area contributed by atoms with Gasteiger partial charge in [-0.3, -0.25) is 9.59 Å². The van der Waals surface area contributed by atoms with E-state index in [2.05, 4.69) is 17.6 Å². The zero-order valence-electron chi connectivity index (χ0n) is 14.2. The van der Waals surface area contributed by atoms with Crippen molar-refractivity contribution in [2.75, 3.05) is 6.54 Å². The highest BCUT2D eigenvalue weighted by Gasteiger charge is 2.27. The largest absolute Gasteiger partial charge is 0.352 e. The molecule has 1 aromatic rings. The zero-order valence-corrected chi connectivity index (χ0v) is 15.0. The molecular weight excluding hydrogens is 326 g/mol. The van der Waals surface area contributed by atoms with E-state index in [1.165, 1.54) is 0 Å². The van der Waals surface area contributed by atoms with Crippen LogP contribution < -0.4 is 16.4 Å². The van der Waals surface area contributed by atoms with Gasteiger partial charge in [-0.15, -0.1) is 12.4 Å². The van der Waals surface area contributed by atoms with Gasteiger partial charge in [-0.05, 0) is 43.4 Å². The summed E-state index contributed by atoms with van der Waals surface area (Å²) in [6.45, 7) is 3.29. The van der Waals surface area contributed by atoms with Crippen molar-refractivity contribution in [2.24, 2.45) is 11.7 Å². The van der Waals surface area contributed by atoms with E-state index in [0.717, 1.165) is 37.7 Å². The lowest BCUT2D eigenvalue weighted by Gasteiger charge is -2.11. The van der Waals surface area contributed by atoms with E-state index < -0.39 is 0 Å². The molecule has 1 aliphatic carbocycles. The molecule has 4 N–H and O–H groups in total. The molecule has 0 aliphatic heterocycles. The number of amides is 2. The highest BCUT2D eigenvalue weighted by Crippen LogP contribution is 2.24. The lowest BCUT2D eigenvalue weighted by atomic mass is 10.1. The van der Waals surface area contributed by atoms with Crippen molar-refractivity contribution in [3.05, 3.63) is 35.4 Å². The van der Waals surface area contributed by atoms with E-state index in [0.29, 0.717) is 18.7 Å². The maximum Gasteiger partial charge on any atom is 0.251 e. The molecule has 1 aliphatic rings. The van der Waals surface area contributed by atoms with Crippen molar-refractivity contribution in [1.82, 2.24) is 10.6 Å². The summed E-state index contributed by atoms with van der Waals surface area (Å²) < 4.78 is 0. The zero-order chi connectivity index (χ0) is 16.7. The molecule has 0 aromatic heterocycles. The van der Waals surface area contributed by atoms with E-state index in [-0.39, 0.29) is 36.2 Å². The predicted octanol–water partition coefficient (Wildman–Crippen LogP) is 2.38. The molecule has 0 saturated heterocycles. The standard InChI is InChI=1S/C18H27N3O2.ClH/c1-2-3-10-20-17(22)14-6-4-13(5-7-14)12-21-18(23)15-8-9-16(19)11-15;/h4-7,15-16H,2-3,8-12,19H2,1H3,(H,20,22)(H,21,23);1H. The number of rotatable bonds is 7. The summed E-state index contributed by atoms with van der Waals surface area (Å²) in [5.74, 6) is 0.0851. The Morgan fingerprint density at radius 2 is 1.88 bits per heavy atom. The predicted molar refractivity (Wildman–Crippen MR) is 98.1 cm³/mol. The second-order valence-corrected chi connectivity index (χ2v) is 6.29. The Hall–Kier alpha value is -1.59. The van der Waals surface area contributed by atoms with Gasteiger partial charge in [0.15, 0.2) is 0 Å². The molecule has 0 bridgehead atoms. The van der Waals surface area contributed by atoms with E-state index in [4.69, 9.17) is 5.73 Å². The number of benzene rings is 1. The fourth-order valence-corrected chi connectivity index (χ4v) is 2.84. The van der Waals surface area contributed by atoms with Gasteiger partial charge in [-0.25, -0.2) is 0 Å². The molecule has 24 heavy (non-hydrogen) atoms. The van der Waals surface area contributed by atoms with Gasteiger partial charge < -0.3 is 16.4 Å². The Morgan fingerprint density at radius 1 is 1.17 bits per heavy atom. The van der Waals surface area contributed by atoms with Crippen molar-refractivity contribution in [3.63, 3.8) is 0 Å². The molecule has 2 rings (SSSR count). The third-order valence-corrected chi connectivity index (χ3v) is 4.34. The molecular formula is C18H28ClN3O2. The first-order chi connectivity index (χ1) is 11.1. The van der Waals surface area contributed by atoms with Crippen LogP contribution in [0.4, 0.5) is 0 Å². The molecule has 2 unspecified atom stereocenters. The summed E-state index contributed by atoms with van der Waals surface area (Å²) in [7, 11) is 0. The Kier molecular flexibility index (Phi) is 8.79. The first kappa shape index (κ1) is 20.5. The number of nitrogens with two attached hydrogens (primary N) is 1. The van der Waals surface area contributed by atoms with Crippen LogP contribution in [0.15, 0.2) is 24.3 Å². The SMILES string of the molecule is CCCCNC(=O)c1ccc(CNC(=O)C2CCC(N)C2)cc1.Cl. The second kappa shape index (κ2) is 10.3. The lowest BCUT2D eigenvalue weighted by Crippen LogP contribution is -2.30. The minimum atomic E-state index is -0.0472. The highest BCUT2D eigenvalue weighted by atomic mass is 35.5. The van der Waals surface area contributed by atoms with Crippen LogP contribution in [-0.4, -0.2) is 24.4 Å². The van der Waals surface area contributed by atoms with Gasteiger partial charge >= 0.3 is 0 Å². The third kappa shape index (κ3) is 6.13. The normalized spacial score (nSPS) is 19.4. The van der Waals surface area contributed by atoms with Crippen LogP contribution in [0.5, 0.6) is 0 Å². The summed E-state index contributed by atoms with van der Waals surface area (Å²) in [6.07, 6.45) is 4.64. The monoisotopic (exact) mass is 353 g/mol. The van der Waals surface area contributed by atoms with Gasteiger partial charge in [0.25, 0.3) is 5.91 Å². The Balaban J connectivity index is 0.00000288. The van der Waals surface area contributed by atoms with Crippen LogP contribution in [0.25, 0.3) is 0 Å². The molecule has 0 radical (unpaired) electrons. The maximum absolute atomic E-state index is 12.1. The third-order valence-electron chi connectivity index (χ3n) is 4.34. The van der Waals surface area contributed by atoms with Crippen LogP contribution in [0.2, 0.25) is 0 Å². The van der Waals surface area contributed by atoms with Crippen molar-refractivity contribution < 1.29 is 9.59 Å². The van der Waals surface area contributed by atoms with Crippen molar-refractivity contribution >= 4 is 24.2 Å². The Morgan fingerprint density at radius 3 is 2.46 bits per heavy atom. The number of nitrogens with one attached hydrogen (secondary N) is 2. The summed E-state index contributed by atoms with van der Waals surface area (Å²) in [6, 6.07) is 7.53. The van der Waals surface area contributed by atoms with Gasteiger partial charge in [0.2, 0.25) is 5.91 Å². The van der Waals surface area contributed by atoms with Crippen molar-refractivity contribution in [1.29, 1.82) is 0 Å². The molecule has 0 spiro atoms. The van der Waals surface area contributed by atoms with Gasteiger partial charge in [-0.1, -0.05) is 25.5 Å². The Bertz CT molecular complexity index is 534. The molecule has 1 fully saturated rings. The average molecular weight is 354 g/mol. The number of carbonyl (C=O) groups is 2. The molecule has 1 aromatic carbocycles. The quantitative estimate of drug-likeness (QED) is 0.658. The minimum Gasteiger partial charge on any atom is -0.352 e. The summed E-state index contributed by atoms with van der Waals surface area (Å²) in [4.78, 5) is 24.0. The lowest BCUT2D eigenvalue weighted by molar-refractivity contribution is -0.125. The van der Waals surface area contributed by atoms with Crippen molar-refractivity contribution in [3.8, 4) is 0 Å². The second-order valence-electron chi connectivity index (χ2n) is 6.29. The van der Waals surface area contributed by atoms with Crippen LogP contribution in [-0.2, 0) is 11.3 Å². The summed E-state index contributed by atoms with van der Waals surface area (Å²) in [5, 5.41) is 5.85. The average Bonchev–Trinajstić information content (AvgIpc) is 3.00. The van der Waals surface area contributed by atoms with Gasteiger partial charge in [0.05, 0.1) is 0 Å². The molecule has 5 nitrogen and oxygen atoms in total. The van der Waals surface area contributed by atoms with Gasteiger partial charge in [-0.2, -0.15) is 0 Å². The molecule has 134 valence electrons. The van der Waals surface area contributed by atoms with Gasteiger partial charge in [0, 0.05) is 30.6 Å². The van der Waals surface area contributed by atoms with E-state index >= 15 is 0 Å². The topological polar surface area (TPSA) is 84.2 Å². The van der Waals surface area contributed by atoms with E-state index in [1.807, 2.05) is 12.1 Å². The number of hydrogen-bond donors (Lipinski definition) is 3. The summed E-state index contributed by atoms with van der Waals surface area (Å²) in [5.41, 5.74) is 7.48. The molecule has 6 heteroatoms. The number of hydrogen-bond acceptors (Lipinski definition) is 3. The van der Waals surface area contributed by atoms with E-state index in [9.17, 15) is 9.59 Å². The van der Waals surface area contributed by atoms with E-state index in [1.54, 1.807) is 12.1 Å². The molecule has 2 amide bonds. The number of unbranched alkanes of at least 4 members (excludes halogenated alkanes) is 1. The smallest absolute Gasteiger partial charge is 0.251 e. The summed E-state index contributed by atoms with van der Waals surface area (Å²) >= 11 is 0. The van der Waals surface area contributed by atoms with Crippen LogP contribution in [0.3, 0.4) is 0 Å². The first-order valence-corrected chi connectivity index (χ1v) is 8.50. The molecule has 1 saturated carbocycles. The molecule has 0 heterocycles. The maximum atomic E-state index is 12.1. The van der Waals surface area contributed by atoms with Gasteiger partial charge in [0.1, 0.15) is 0 Å². The minimum absolute atomic E-state index is 0.